The second kappa shape index (κ2) is 8.35. The number of rotatable bonds is 6. The van der Waals surface area contributed by atoms with Crippen molar-refractivity contribution in [3.05, 3.63) is 76.9 Å². The normalized spacial score (nSPS) is 18.4. The monoisotopic (exact) mass is 335 g/mol. The van der Waals surface area contributed by atoms with Gasteiger partial charge in [-0.3, -0.25) is 4.90 Å². The van der Waals surface area contributed by atoms with Crippen LogP contribution in [0.15, 0.2) is 65.7 Å². The molecule has 0 saturated heterocycles. The lowest BCUT2D eigenvalue weighted by Crippen LogP contribution is -2.40. The smallest absolute Gasteiger partial charge is 0.118 e. The van der Waals surface area contributed by atoms with Gasteiger partial charge in [0.25, 0.3) is 0 Å². The van der Waals surface area contributed by atoms with Crippen LogP contribution in [0.5, 0.6) is 5.75 Å². The summed E-state index contributed by atoms with van der Waals surface area (Å²) in [5, 5.41) is 0. The molecule has 132 valence electrons. The van der Waals surface area contributed by atoms with Gasteiger partial charge >= 0.3 is 0 Å². The van der Waals surface area contributed by atoms with Crippen molar-refractivity contribution >= 4 is 0 Å². The van der Waals surface area contributed by atoms with Crippen LogP contribution < -0.4 is 4.74 Å². The van der Waals surface area contributed by atoms with E-state index in [1.165, 1.54) is 24.0 Å². The van der Waals surface area contributed by atoms with Gasteiger partial charge in [-0.25, -0.2) is 0 Å². The minimum Gasteiger partial charge on any atom is -0.497 e. The van der Waals surface area contributed by atoms with Gasteiger partial charge in [-0.2, -0.15) is 0 Å². The van der Waals surface area contributed by atoms with E-state index in [0.717, 1.165) is 25.3 Å². The van der Waals surface area contributed by atoms with Crippen LogP contribution in [0.2, 0.25) is 0 Å². The van der Waals surface area contributed by atoms with Crippen molar-refractivity contribution in [3.63, 3.8) is 0 Å². The molecule has 3 rings (SSSR count). The molecule has 1 unspecified atom stereocenters. The molecule has 0 radical (unpaired) electrons. The fourth-order valence-corrected chi connectivity index (χ4v) is 3.72. The zero-order valence-corrected chi connectivity index (χ0v) is 15.7. The first-order chi connectivity index (χ1) is 12.2. The molecule has 0 fully saturated rings. The molecular formula is C23H29NO. The van der Waals surface area contributed by atoms with Crippen molar-refractivity contribution in [2.24, 2.45) is 0 Å². The topological polar surface area (TPSA) is 12.5 Å². The van der Waals surface area contributed by atoms with Crippen LogP contribution >= 0.6 is 0 Å². The molecule has 2 aromatic carbocycles. The molecule has 2 aromatic rings. The van der Waals surface area contributed by atoms with Crippen LogP contribution in [-0.2, 0) is 13.0 Å². The van der Waals surface area contributed by atoms with Gasteiger partial charge in [-0.1, -0.05) is 53.6 Å². The first-order valence-corrected chi connectivity index (χ1v) is 9.24. The van der Waals surface area contributed by atoms with Crippen molar-refractivity contribution in [2.75, 3.05) is 13.7 Å². The standard InChI is InChI=1S/C23H29NO/c1-18-15-16-24(17-21-7-5-4-6-8-21)23(19(18)2)14-11-20-9-12-22(25-3)13-10-20/h4-10,12-13,23H,11,14-17H2,1-3H3. The summed E-state index contributed by atoms with van der Waals surface area (Å²) in [5.74, 6) is 0.930. The highest BCUT2D eigenvalue weighted by atomic mass is 16.5. The van der Waals surface area contributed by atoms with E-state index in [9.17, 15) is 0 Å². The van der Waals surface area contributed by atoms with Crippen LogP contribution in [0.3, 0.4) is 0 Å². The van der Waals surface area contributed by atoms with Crippen molar-refractivity contribution in [3.8, 4) is 5.75 Å². The minimum absolute atomic E-state index is 0.538. The quantitative estimate of drug-likeness (QED) is 0.670. The SMILES string of the molecule is COc1ccc(CCC2C(C)=C(C)CCN2Cc2ccccc2)cc1. The average molecular weight is 335 g/mol. The molecular weight excluding hydrogens is 306 g/mol. The Labute approximate surface area is 152 Å². The van der Waals surface area contributed by atoms with E-state index in [1.807, 2.05) is 0 Å². The van der Waals surface area contributed by atoms with Gasteiger partial charge in [0, 0.05) is 19.1 Å². The molecule has 1 atom stereocenters. The van der Waals surface area contributed by atoms with Crippen LogP contribution in [0.1, 0.15) is 37.8 Å². The molecule has 0 amide bonds. The number of ether oxygens (including phenoxy) is 1. The third-order valence-corrected chi connectivity index (χ3v) is 5.48. The molecule has 2 heteroatoms. The highest BCUT2D eigenvalue weighted by Gasteiger charge is 2.25. The predicted octanol–water partition coefficient (Wildman–Crippen LogP) is 5.24. The van der Waals surface area contributed by atoms with Gasteiger partial charge in [-0.05, 0) is 56.4 Å². The summed E-state index contributed by atoms with van der Waals surface area (Å²) in [4.78, 5) is 2.65. The number of nitrogens with zero attached hydrogens (tertiary/aromatic N) is 1. The third-order valence-electron chi connectivity index (χ3n) is 5.48. The summed E-state index contributed by atoms with van der Waals surface area (Å²) in [6.45, 7) is 6.82. The largest absolute Gasteiger partial charge is 0.497 e. The van der Waals surface area contributed by atoms with Crippen molar-refractivity contribution in [2.45, 2.75) is 45.7 Å². The number of hydrogen-bond acceptors (Lipinski definition) is 2. The van der Waals surface area contributed by atoms with Gasteiger partial charge in [0.05, 0.1) is 7.11 Å². The Balaban J connectivity index is 1.70. The summed E-state index contributed by atoms with van der Waals surface area (Å²) < 4.78 is 5.26. The van der Waals surface area contributed by atoms with E-state index >= 15 is 0 Å². The maximum absolute atomic E-state index is 5.26. The molecule has 1 heterocycles. The van der Waals surface area contributed by atoms with Crippen LogP contribution in [-0.4, -0.2) is 24.6 Å². The highest BCUT2D eigenvalue weighted by molar-refractivity contribution is 5.28. The van der Waals surface area contributed by atoms with E-state index in [0.29, 0.717) is 6.04 Å². The Morgan fingerprint density at radius 1 is 0.960 bits per heavy atom. The van der Waals surface area contributed by atoms with E-state index in [4.69, 9.17) is 4.74 Å². The molecule has 0 saturated carbocycles. The molecule has 0 bridgehead atoms. The van der Waals surface area contributed by atoms with E-state index < -0.39 is 0 Å². The number of hydrogen-bond donors (Lipinski definition) is 0. The number of aryl methyl sites for hydroxylation is 1. The summed E-state index contributed by atoms with van der Waals surface area (Å²) in [6.07, 6.45) is 3.46. The average Bonchev–Trinajstić information content (AvgIpc) is 2.66. The molecule has 0 aromatic heterocycles. The van der Waals surface area contributed by atoms with Crippen molar-refractivity contribution in [1.29, 1.82) is 0 Å². The van der Waals surface area contributed by atoms with E-state index in [-0.39, 0.29) is 0 Å². The van der Waals surface area contributed by atoms with Gasteiger partial charge in [-0.15, -0.1) is 0 Å². The molecule has 0 spiro atoms. The summed E-state index contributed by atoms with van der Waals surface area (Å²) in [7, 11) is 1.72. The van der Waals surface area contributed by atoms with E-state index in [2.05, 4.69) is 73.3 Å². The Morgan fingerprint density at radius 2 is 1.68 bits per heavy atom. The van der Waals surface area contributed by atoms with Gasteiger partial charge < -0.3 is 4.74 Å². The van der Waals surface area contributed by atoms with Gasteiger partial charge in [0.1, 0.15) is 5.75 Å². The number of benzene rings is 2. The molecule has 1 aliphatic rings. The lowest BCUT2D eigenvalue weighted by Gasteiger charge is -2.37. The maximum atomic E-state index is 5.26. The first kappa shape index (κ1) is 17.8. The minimum atomic E-state index is 0.538. The molecule has 0 aliphatic carbocycles. The zero-order chi connectivity index (χ0) is 17.6. The van der Waals surface area contributed by atoms with Crippen LogP contribution in [0.25, 0.3) is 0 Å². The van der Waals surface area contributed by atoms with Gasteiger partial charge in [0.15, 0.2) is 0 Å². The van der Waals surface area contributed by atoms with Gasteiger partial charge in [0.2, 0.25) is 0 Å². The Bertz CT molecular complexity index is 703. The predicted molar refractivity (Wildman–Crippen MR) is 105 cm³/mol. The van der Waals surface area contributed by atoms with Crippen molar-refractivity contribution < 1.29 is 4.74 Å². The van der Waals surface area contributed by atoms with Crippen LogP contribution in [0.4, 0.5) is 0 Å². The Hall–Kier alpha value is -2.06. The Kier molecular flexibility index (Phi) is 5.93. The summed E-state index contributed by atoms with van der Waals surface area (Å²) in [6, 6.07) is 19.9. The molecule has 1 aliphatic heterocycles. The van der Waals surface area contributed by atoms with Crippen LogP contribution in [0, 0.1) is 0 Å². The molecule has 2 nitrogen and oxygen atoms in total. The third kappa shape index (κ3) is 4.52. The lowest BCUT2D eigenvalue weighted by molar-refractivity contribution is 0.191. The summed E-state index contributed by atoms with van der Waals surface area (Å²) >= 11 is 0. The molecule has 0 N–H and O–H groups in total. The number of methoxy groups -OCH3 is 1. The first-order valence-electron chi connectivity index (χ1n) is 9.24. The molecule has 25 heavy (non-hydrogen) atoms. The van der Waals surface area contributed by atoms with Crippen molar-refractivity contribution in [1.82, 2.24) is 4.90 Å². The van der Waals surface area contributed by atoms with E-state index in [1.54, 1.807) is 18.3 Å². The second-order valence-corrected chi connectivity index (χ2v) is 7.07. The fraction of sp³-hybridized carbons (Fsp3) is 0.391. The maximum Gasteiger partial charge on any atom is 0.118 e. The Morgan fingerprint density at radius 3 is 2.36 bits per heavy atom. The lowest BCUT2D eigenvalue weighted by atomic mass is 9.90. The summed E-state index contributed by atoms with van der Waals surface area (Å²) in [5.41, 5.74) is 5.93. The second-order valence-electron chi connectivity index (χ2n) is 7.07. The highest BCUT2D eigenvalue weighted by Crippen LogP contribution is 2.28. The fourth-order valence-electron chi connectivity index (χ4n) is 3.72. The zero-order valence-electron chi connectivity index (χ0n) is 15.7.